The number of pyridine rings is 1. The molecule has 1 fully saturated rings. The second kappa shape index (κ2) is 8.56. The van der Waals surface area contributed by atoms with Gasteiger partial charge in [-0.25, -0.2) is 26.6 Å². The van der Waals surface area contributed by atoms with Gasteiger partial charge in [0.05, 0.1) is 12.3 Å². The summed E-state index contributed by atoms with van der Waals surface area (Å²) in [5.74, 6) is -1.57. The van der Waals surface area contributed by atoms with E-state index >= 15 is 0 Å². The molecular weight excluding hydrogens is 431 g/mol. The molecule has 162 valence electrons. The standard InChI is InChI=1S/C21H18F3N3O3S/c22-15-3-1-14(2-4-15)20-13-27(7-8-30-20)21-6-5-19(12-25-21)31(28,29)26-18-10-16(23)9-17(24)11-18/h1-6,9-12,20,26H,7-8,13H2. The number of aromatic nitrogens is 1. The Balaban J connectivity index is 1.48. The Morgan fingerprint density at radius 1 is 0.968 bits per heavy atom. The lowest BCUT2D eigenvalue weighted by Gasteiger charge is -2.34. The van der Waals surface area contributed by atoms with Crippen LogP contribution in [0.3, 0.4) is 0 Å². The molecule has 1 aliphatic rings. The first-order valence-electron chi connectivity index (χ1n) is 9.37. The third-order valence-corrected chi connectivity index (χ3v) is 6.14. The van der Waals surface area contributed by atoms with Gasteiger partial charge in [0.15, 0.2) is 0 Å². The van der Waals surface area contributed by atoms with Gasteiger partial charge in [0.1, 0.15) is 34.3 Å². The largest absolute Gasteiger partial charge is 0.370 e. The molecule has 1 unspecified atom stereocenters. The van der Waals surface area contributed by atoms with Gasteiger partial charge in [0.2, 0.25) is 0 Å². The molecule has 0 bridgehead atoms. The third kappa shape index (κ3) is 4.97. The van der Waals surface area contributed by atoms with Crippen LogP contribution in [0, 0.1) is 17.5 Å². The number of ether oxygens (including phenoxy) is 1. The van der Waals surface area contributed by atoms with E-state index in [9.17, 15) is 21.6 Å². The zero-order chi connectivity index (χ0) is 22.0. The van der Waals surface area contributed by atoms with Crippen LogP contribution in [0.1, 0.15) is 11.7 Å². The highest BCUT2D eigenvalue weighted by atomic mass is 32.2. The van der Waals surface area contributed by atoms with Crippen LogP contribution < -0.4 is 9.62 Å². The Labute approximate surface area is 177 Å². The minimum absolute atomic E-state index is 0.149. The van der Waals surface area contributed by atoms with E-state index < -0.39 is 21.7 Å². The van der Waals surface area contributed by atoms with Crippen molar-refractivity contribution < 1.29 is 26.3 Å². The lowest BCUT2D eigenvalue weighted by Crippen LogP contribution is -2.38. The van der Waals surface area contributed by atoms with Gasteiger partial charge < -0.3 is 9.64 Å². The van der Waals surface area contributed by atoms with E-state index in [0.29, 0.717) is 31.6 Å². The molecular formula is C21H18F3N3O3S. The molecule has 1 atom stereocenters. The quantitative estimate of drug-likeness (QED) is 0.640. The van der Waals surface area contributed by atoms with Crippen molar-refractivity contribution in [3.63, 3.8) is 0 Å². The SMILES string of the molecule is O=S(=O)(Nc1cc(F)cc(F)c1)c1ccc(N2CCOC(c3ccc(F)cc3)C2)nc1. The molecule has 10 heteroatoms. The number of anilines is 2. The van der Waals surface area contributed by atoms with Crippen LogP contribution >= 0.6 is 0 Å². The molecule has 2 heterocycles. The smallest absolute Gasteiger partial charge is 0.263 e. The van der Waals surface area contributed by atoms with Gasteiger partial charge in [-0.05, 0) is 42.0 Å². The van der Waals surface area contributed by atoms with E-state index in [-0.39, 0.29) is 22.5 Å². The molecule has 0 saturated carbocycles. The predicted molar refractivity (Wildman–Crippen MR) is 109 cm³/mol. The molecule has 1 aromatic heterocycles. The number of rotatable bonds is 5. The average Bonchev–Trinajstić information content (AvgIpc) is 2.73. The lowest BCUT2D eigenvalue weighted by molar-refractivity contribution is 0.0395. The van der Waals surface area contributed by atoms with E-state index in [0.717, 1.165) is 17.7 Å². The maximum absolute atomic E-state index is 13.3. The van der Waals surface area contributed by atoms with E-state index in [1.165, 1.54) is 24.4 Å². The van der Waals surface area contributed by atoms with Gasteiger partial charge in [0.25, 0.3) is 10.0 Å². The van der Waals surface area contributed by atoms with Crippen LogP contribution in [0.15, 0.2) is 65.7 Å². The summed E-state index contributed by atoms with van der Waals surface area (Å²) in [7, 11) is -4.08. The number of halogens is 3. The zero-order valence-electron chi connectivity index (χ0n) is 16.1. The molecule has 4 rings (SSSR count). The molecule has 2 aromatic carbocycles. The van der Waals surface area contributed by atoms with Crippen molar-refractivity contribution in [2.75, 3.05) is 29.3 Å². The number of benzene rings is 2. The van der Waals surface area contributed by atoms with Crippen molar-refractivity contribution in [1.29, 1.82) is 0 Å². The lowest BCUT2D eigenvalue weighted by atomic mass is 10.1. The summed E-state index contributed by atoms with van der Waals surface area (Å²) in [6.45, 7) is 1.44. The monoisotopic (exact) mass is 449 g/mol. The fourth-order valence-corrected chi connectivity index (χ4v) is 4.27. The summed E-state index contributed by atoms with van der Waals surface area (Å²) >= 11 is 0. The highest BCUT2D eigenvalue weighted by Crippen LogP contribution is 2.26. The zero-order valence-corrected chi connectivity index (χ0v) is 16.9. The summed E-state index contributed by atoms with van der Waals surface area (Å²) in [5.41, 5.74) is 0.605. The van der Waals surface area contributed by atoms with Crippen molar-refractivity contribution in [2.24, 2.45) is 0 Å². The molecule has 31 heavy (non-hydrogen) atoms. The maximum atomic E-state index is 13.3. The molecule has 6 nitrogen and oxygen atoms in total. The Hall–Kier alpha value is -3.11. The number of hydrogen-bond acceptors (Lipinski definition) is 5. The third-order valence-electron chi connectivity index (χ3n) is 4.78. The maximum Gasteiger partial charge on any atom is 0.263 e. The Morgan fingerprint density at radius 3 is 2.32 bits per heavy atom. The molecule has 3 aromatic rings. The number of nitrogens with zero attached hydrogens (tertiary/aromatic N) is 2. The molecule has 0 spiro atoms. The Kier molecular flexibility index (Phi) is 5.84. The molecule has 0 amide bonds. The minimum Gasteiger partial charge on any atom is -0.370 e. The molecule has 1 aliphatic heterocycles. The Morgan fingerprint density at radius 2 is 1.68 bits per heavy atom. The van der Waals surface area contributed by atoms with Crippen LogP contribution in [0.2, 0.25) is 0 Å². The molecule has 1 N–H and O–H groups in total. The van der Waals surface area contributed by atoms with Crippen molar-refractivity contribution in [3.8, 4) is 0 Å². The normalized spacial score (nSPS) is 16.9. The summed E-state index contributed by atoms with van der Waals surface area (Å²) in [6, 6.07) is 11.4. The van der Waals surface area contributed by atoms with Gasteiger partial charge in [-0.15, -0.1) is 0 Å². The van der Waals surface area contributed by atoms with Gasteiger partial charge in [0, 0.05) is 25.4 Å². The highest BCUT2D eigenvalue weighted by molar-refractivity contribution is 7.92. The van der Waals surface area contributed by atoms with Crippen molar-refractivity contribution in [3.05, 3.63) is 83.8 Å². The van der Waals surface area contributed by atoms with Crippen molar-refractivity contribution >= 4 is 21.5 Å². The van der Waals surface area contributed by atoms with Crippen molar-refractivity contribution in [1.82, 2.24) is 4.98 Å². The van der Waals surface area contributed by atoms with E-state index in [1.54, 1.807) is 18.2 Å². The first-order valence-corrected chi connectivity index (χ1v) is 10.9. The molecule has 1 saturated heterocycles. The van der Waals surface area contributed by atoms with Crippen LogP contribution in [0.25, 0.3) is 0 Å². The van der Waals surface area contributed by atoms with E-state index in [1.807, 2.05) is 4.90 Å². The predicted octanol–water partition coefficient (Wildman–Crippen LogP) is 3.88. The second-order valence-corrected chi connectivity index (χ2v) is 8.66. The topological polar surface area (TPSA) is 71.5 Å². The van der Waals surface area contributed by atoms with E-state index in [2.05, 4.69) is 9.71 Å². The molecule has 0 aliphatic carbocycles. The number of morpholine rings is 1. The first kappa shape index (κ1) is 21.1. The van der Waals surface area contributed by atoms with Gasteiger partial charge in [-0.3, -0.25) is 4.72 Å². The minimum atomic E-state index is -4.08. The molecule has 0 radical (unpaired) electrons. The fraction of sp³-hybridized carbons (Fsp3) is 0.190. The van der Waals surface area contributed by atoms with Crippen LogP contribution in [0.5, 0.6) is 0 Å². The van der Waals surface area contributed by atoms with Gasteiger partial charge >= 0.3 is 0 Å². The number of nitrogens with one attached hydrogen (secondary N) is 1. The van der Waals surface area contributed by atoms with Crippen molar-refractivity contribution in [2.45, 2.75) is 11.0 Å². The first-order chi connectivity index (χ1) is 14.8. The van der Waals surface area contributed by atoms with E-state index in [4.69, 9.17) is 4.74 Å². The summed E-state index contributed by atoms with van der Waals surface area (Å²) in [6.07, 6.45) is 0.902. The average molecular weight is 449 g/mol. The number of hydrogen-bond donors (Lipinski definition) is 1. The van der Waals surface area contributed by atoms with Crippen LogP contribution in [0.4, 0.5) is 24.7 Å². The number of sulfonamides is 1. The fourth-order valence-electron chi connectivity index (χ4n) is 3.28. The highest BCUT2D eigenvalue weighted by Gasteiger charge is 2.24. The summed E-state index contributed by atoms with van der Waals surface area (Å²) < 4.78 is 72.7. The summed E-state index contributed by atoms with van der Waals surface area (Å²) in [5, 5.41) is 0. The van der Waals surface area contributed by atoms with Gasteiger partial charge in [-0.2, -0.15) is 0 Å². The van der Waals surface area contributed by atoms with Crippen LogP contribution in [-0.4, -0.2) is 33.1 Å². The van der Waals surface area contributed by atoms with Gasteiger partial charge in [-0.1, -0.05) is 12.1 Å². The second-order valence-electron chi connectivity index (χ2n) is 6.97. The van der Waals surface area contributed by atoms with Crippen LogP contribution in [-0.2, 0) is 14.8 Å². The summed E-state index contributed by atoms with van der Waals surface area (Å²) in [4.78, 5) is 6.02. The Bertz CT molecular complexity index is 1150.